The van der Waals surface area contributed by atoms with E-state index in [1.165, 1.54) is 0 Å². The predicted octanol–water partition coefficient (Wildman–Crippen LogP) is 2.53. The van der Waals surface area contributed by atoms with Gasteiger partial charge in [0, 0.05) is 24.3 Å². The van der Waals surface area contributed by atoms with E-state index in [0.29, 0.717) is 25.1 Å². The Kier molecular flexibility index (Phi) is 4.56. The zero-order valence-corrected chi connectivity index (χ0v) is 13.5. The lowest BCUT2D eigenvalue weighted by Crippen LogP contribution is -2.35. The lowest BCUT2D eigenvalue weighted by molar-refractivity contribution is -0.118. The van der Waals surface area contributed by atoms with Crippen LogP contribution in [0.4, 0.5) is 11.4 Å². The van der Waals surface area contributed by atoms with E-state index in [-0.39, 0.29) is 5.91 Å². The van der Waals surface area contributed by atoms with E-state index < -0.39 is 15.3 Å². The lowest BCUT2D eigenvalue weighted by atomic mass is 10.0. The van der Waals surface area contributed by atoms with Crippen molar-refractivity contribution in [3.05, 3.63) is 23.8 Å². The summed E-state index contributed by atoms with van der Waals surface area (Å²) in [7, 11) is -3.34. The maximum Gasteiger partial charge on any atom is 0.235 e. The molecule has 21 heavy (non-hydrogen) atoms. The van der Waals surface area contributed by atoms with Gasteiger partial charge in [-0.25, -0.2) is 8.42 Å². The second kappa shape index (κ2) is 6.05. The second-order valence-electron chi connectivity index (χ2n) is 5.58. The highest BCUT2D eigenvalue weighted by Crippen LogP contribution is 2.30. The summed E-state index contributed by atoms with van der Waals surface area (Å²) in [6.07, 6.45) is 2.03. The Labute approximate surface area is 126 Å². The van der Waals surface area contributed by atoms with Crippen LogP contribution in [0.15, 0.2) is 18.2 Å². The van der Waals surface area contributed by atoms with E-state index in [2.05, 4.69) is 4.72 Å². The lowest BCUT2D eigenvalue weighted by Gasteiger charge is -2.29. The van der Waals surface area contributed by atoms with Crippen LogP contribution in [0.25, 0.3) is 0 Å². The number of benzene rings is 1. The Morgan fingerprint density at radius 3 is 2.62 bits per heavy atom. The number of carbonyl (C=O) groups excluding carboxylic acids is 1. The molecule has 1 aromatic rings. The molecule has 0 spiro atoms. The highest BCUT2D eigenvalue weighted by atomic mass is 32.2. The average molecular weight is 310 g/mol. The molecule has 1 aromatic carbocycles. The van der Waals surface area contributed by atoms with E-state index in [0.717, 1.165) is 17.7 Å². The van der Waals surface area contributed by atoms with E-state index in [4.69, 9.17) is 0 Å². The van der Waals surface area contributed by atoms with Crippen molar-refractivity contribution < 1.29 is 13.2 Å². The molecule has 0 fully saturated rings. The smallest absolute Gasteiger partial charge is 0.235 e. The molecule has 2 rings (SSSR count). The van der Waals surface area contributed by atoms with Crippen LogP contribution in [0.5, 0.6) is 0 Å². The molecule has 0 saturated heterocycles. The van der Waals surface area contributed by atoms with Crippen LogP contribution in [-0.2, 0) is 21.2 Å². The van der Waals surface area contributed by atoms with Crippen LogP contribution in [0.3, 0.4) is 0 Å². The van der Waals surface area contributed by atoms with E-state index >= 15 is 0 Å². The van der Waals surface area contributed by atoms with Gasteiger partial charge in [0.25, 0.3) is 0 Å². The van der Waals surface area contributed by atoms with Crippen molar-refractivity contribution in [2.45, 2.75) is 45.3 Å². The number of fused-ring (bicyclic) bond motifs is 1. The van der Waals surface area contributed by atoms with Crippen LogP contribution in [0.2, 0.25) is 0 Å². The van der Waals surface area contributed by atoms with Crippen molar-refractivity contribution in [2.24, 2.45) is 0 Å². The predicted molar refractivity (Wildman–Crippen MR) is 85.1 cm³/mol. The van der Waals surface area contributed by atoms with E-state index in [9.17, 15) is 13.2 Å². The summed E-state index contributed by atoms with van der Waals surface area (Å²) >= 11 is 0. The van der Waals surface area contributed by atoms with Crippen molar-refractivity contribution in [3.63, 3.8) is 0 Å². The van der Waals surface area contributed by atoms with Gasteiger partial charge in [-0.3, -0.25) is 9.52 Å². The van der Waals surface area contributed by atoms with Gasteiger partial charge in [0.2, 0.25) is 15.9 Å². The van der Waals surface area contributed by atoms with Crippen molar-refractivity contribution in [1.82, 2.24) is 0 Å². The fraction of sp³-hybridized carbons (Fsp3) is 0.533. The molecule has 1 N–H and O–H groups in total. The molecule has 6 heteroatoms. The fourth-order valence-corrected chi connectivity index (χ4v) is 3.07. The number of nitrogens with zero attached hydrogens (tertiary/aromatic N) is 1. The molecule has 0 atom stereocenters. The Morgan fingerprint density at radius 2 is 2.00 bits per heavy atom. The third-order valence-electron chi connectivity index (χ3n) is 3.61. The molecule has 1 aliphatic heterocycles. The molecule has 1 amide bonds. The fourth-order valence-electron chi connectivity index (χ4n) is 2.37. The molecule has 0 unspecified atom stereocenters. The first-order chi connectivity index (χ1) is 9.85. The number of nitrogens with one attached hydrogen (secondary N) is 1. The number of rotatable bonds is 5. The Hall–Kier alpha value is -1.56. The normalized spacial score (nSPS) is 15.2. The Bertz CT molecular complexity index is 638. The number of aryl methyl sites for hydroxylation is 1. The second-order valence-corrected chi connectivity index (χ2v) is 7.82. The highest BCUT2D eigenvalue weighted by Gasteiger charge is 2.24. The standard InChI is InChI=1S/C15H22N2O3S/c1-4-9-17-14-7-6-13(16-21(19,20)11(2)3)10-12(14)5-8-15(17)18/h6-7,10-11,16H,4-5,8-9H2,1-3H3. The first-order valence-electron chi connectivity index (χ1n) is 7.30. The quantitative estimate of drug-likeness (QED) is 0.909. The maximum absolute atomic E-state index is 12.0. The molecule has 5 nitrogen and oxygen atoms in total. The van der Waals surface area contributed by atoms with E-state index in [1.807, 2.05) is 19.1 Å². The third kappa shape index (κ3) is 3.37. The van der Waals surface area contributed by atoms with Gasteiger partial charge in [-0.05, 0) is 50.5 Å². The Morgan fingerprint density at radius 1 is 1.29 bits per heavy atom. The van der Waals surface area contributed by atoms with Crippen LogP contribution in [0.1, 0.15) is 39.2 Å². The van der Waals surface area contributed by atoms with Crippen LogP contribution in [-0.4, -0.2) is 26.1 Å². The molecule has 0 radical (unpaired) electrons. The van der Waals surface area contributed by atoms with Gasteiger partial charge in [-0.2, -0.15) is 0 Å². The molecule has 0 saturated carbocycles. The summed E-state index contributed by atoms with van der Waals surface area (Å²) in [6.45, 7) is 6.01. The number of anilines is 2. The molecule has 0 aliphatic carbocycles. The van der Waals surface area contributed by atoms with Crippen LogP contribution < -0.4 is 9.62 Å². The summed E-state index contributed by atoms with van der Waals surface area (Å²) in [5.74, 6) is 0.139. The van der Waals surface area contributed by atoms with Gasteiger partial charge in [0.05, 0.1) is 5.25 Å². The summed E-state index contributed by atoms with van der Waals surface area (Å²) < 4.78 is 26.4. The van der Waals surface area contributed by atoms with Crippen molar-refractivity contribution in [3.8, 4) is 0 Å². The van der Waals surface area contributed by atoms with Crippen molar-refractivity contribution >= 4 is 27.3 Å². The summed E-state index contributed by atoms with van der Waals surface area (Å²) in [5, 5.41) is -0.480. The maximum atomic E-state index is 12.0. The zero-order chi connectivity index (χ0) is 15.6. The SMILES string of the molecule is CCCN1C(=O)CCc2cc(NS(=O)(=O)C(C)C)ccc21. The monoisotopic (exact) mass is 310 g/mol. The summed E-state index contributed by atoms with van der Waals surface area (Å²) in [5.41, 5.74) is 2.49. The minimum absolute atomic E-state index is 0.139. The number of sulfonamides is 1. The number of hydrogen-bond acceptors (Lipinski definition) is 3. The molecular weight excluding hydrogens is 288 g/mol. The summed E-state index contributed by atoms with van der Waals surface area (Å²) in [4.78, 5) is 13.8. The first kappa shape index (κ1) is 15.8. The van der Waals surface area contributed by atoms with Gasteiger partial charge in [0.15, 0.2) is 0 Å². The topological polar surface area (TPSA) is 66.5 Å². The van der Waals surface area contributed by atoms with Gasteiger partial charge >= 0.3 is 0 Å². The summed E-state index contributed by atoms with van der Waals surface area (Å²) in [6, 6.07) is 5.39. The van der Waals surface area contributed by atoms with Crippen molar-refractivity contribution in [2.75, 3.05) is 16.2 Å². The van der Waals surface area contributed by atoms with Gasteiger partial charge in [-0.1, -0.05) is 6.92 Å². The van der Waals surface area contributed by atoms with Gasteiger partial charge < -0.3 is 4.90 Å². The van der Waals surface area contributed by atoms with Gasteiger partial charge in [0.1, 0.15) is 0 Å². The minimum Gasteiger partial charge on any atom is -0.312 e. The number of carbonyl (C=O) groups is 1. The Balaban J connectivity index is 2.30. The van der Waals surface area contributed by atoms with Crippen molar-refractivity contribution in [1.29, 1.82) is 0 Å². The van der Waals surface area contributed by atoms with Crippen LogP contribution >= 0.6 is 0 Å². The third-order valence-corrected chi connectivity index (χ3v) is 5.37. The van der Waals surface area contributed by atoms with Gasteiger partial charge in [-0.15, -0.1) is 0 Å². The molecule has 0 bridgehead atoms. The first-order valence-corrected chi connectivity index (χ1v) is 8.84. The number of hydrogen-bond donors (Lipinski definition) is 1. The van der Waals surface area contributed by atoms with Crippen LogP contribution in [0, 0.1) is 0 Å². The zero-order valence-electron chi connectivity index (χ0n) is 12.7. The average Bonchev–Trinajstić information content (AvgIpc) is 2.41. The molecule has 1 aliphatic rings. The highest BCUT2D eigenvalue weighted by molar-refractivity contribution is 7.93. The molecule has 116 valence electrons. The molecular formula is C15H22N2O3S. The van der Waals surface area contributed by atoms with E-state index in [1.54, 1.807) is 24.8 Å². The molecule has 1 heterocycles. The largest absolute Gasteiger partial charge is 0.312 e. The number of amides is 1. The molecule has 0 aromatic heterocycles. The minimum atomic E-state index is -3.34.